The molecule has 2 rings (SSSR count). The van der Waals surface area contributed by atoms with Crippen LogP contribution in [0, 0.1) is 5.82 Å². The molecule has 0 atom stereocenters. The first kappa shape index (κ1) is 9.16. The monoisotopic (exact) mass is 208 g/mol. The van der Waals surface area contributed by atoms with E-state index in [4.69, 9.17) is 11.6 Å². The smallest absolute Gasteiger partial charge is 0.150 e. The first-order valence-corrected chi connectivity index (χ1v) is 4.43. The SMILES string of the molecule is O=Cc1ccc(F)c2cc(Cl)ccc12. The van der Waals surface area contributed by atoms with Gasteiger partial charge in [0.05, 0.1) is 0 Å². The summed E-state index contributed by atoms with van der Waals surface area (Å²) in [5.74, 6) is -0.367. The molecule has 0 N–H and O–H groups in total. The number of hydrogen-bond donors (Lipinski definition) is 0. The normalized spacial score (nSPS) is 10.4. The highest BCUT2D eigenvalue weighted by Crippen LogP contribution is 2.24. The summed E-state index contributed by atoms with van der Waals surface area (Å²) in [4.78, 5) is 10.7. The molecule has 1 nitrogen and oxygen atoms in total. The van der Waals surface area contributed by atoms with Gasteiger partial charge in [-0.25, -0.2) is 4.39 Å². The van der Waals surface area contributed by atoms with Gasteiger partial charge in [-0.05, 0) is 29.7 Å². The van der Waals surface area contributed by atoms with Gasteiger partial charge in [0.2, 0.25) is 0 Å². The van der Waals surface area contributed by atoms with Gasteiger partial charge in [0.1, 0.15) is 5.82 Å². The Labute approximate surface area is 85.1 Å². The Bertz CT molecular complexity index is 508. The van der Waals surface area contributed by atoms with E-state index in [-0.39, 0.29) is 5.82 Å². The fourth-order valence-corrected chi connectivity index (χ4v) is 1.58. The Morgan fingerprint density at radius 3 is 2.64 bits per heavy atom. The van der Waals surface area contributed by atoms with Crippen molar-refractivity contribution >= 4 is 28.7 Å². The van der Waals surface area contributed by atoms with Crippen molar-refractivity contribution in [1.29, 1.82) is 0 Å². The summed E-state index contributed by atoms with van der Waals surface area (Å²) in [5.41, 5.74) is 0.470. The van der Waals surface area contributed by atoms with E-state index in [0.29, 0.717) is 27.6 Å². The van der Waals surface area contributed by atoms with Crippen molar-refractivity contribution in [2.75, 3.05) is 0 Å². The van der Waals surface area contributed by atoms with Crippen LogP contribution in [0.1, 0.15) is 10.4 Å². The summed E-state index contributed by atoms with van der Waals surface area (Å²) in [5, 5.41) is 1.42. The molecule has 0 aliphatic rings. The topological polar surface area (TPSA) is 17.1 Å². The first-order chi connectivity index (χ1) is 6.72. The van der Waals surface area contributed by atoms with Crippen LogP contribution in [-0.4, -0.2) is 6.29 Å². The maximum absolute atomic E-state index is 13.3. The van der Waals surface area contributed by atoms with Crippen LogP contribution in [0.25, 0.3) is 10.8 Å². The minimum Gasteiger partial charge on any atom is -0.298 e. The average molecular weight is 209 g/mol. The zero-order valence-corrected chi connectivity index (χ0v) is 7.88. The van der Waals surface area contributed by atoms with Crippen molar-refractivity contribution in [3.63, 3.8) is 0 Å². The van der Waals surface area contributed by atoms with Crippen molar-refractivity contribution < 1.29 is 9.18 Å². The van der Waals surface area contributed by atoms with Crippen LogP contribution in [-0.2, 0) is 0 Å². The van der Waals surface area contributed by atoms with E-state index >= 15 is 0 Å². The number of carbonyl (C=O) groups is 1. The van der Waals surface area contributed by atoms with Crippen molar-refractivity contribution in [2.45, 2.75) is 0 Å². The van der Waals surface area contributed by atoms with Crippen LogP contribution < -0.4 is 0 Å². The second kappa shape index (κ2) is 3.39. The molecule has 14 heavy (non-hydrogen) atoms. The van der Waals surface area contributed by atoms with Gasteiger partial charge in [0, 0.05) is 16.0 Å². The van der Waals surface area contributed by atoms with E-state index in [1.165, 1.54) is 18.2 Å². The first-order valence-electron chi connectivity index (χ1n) is 4.05. The number of benzene rings is 2. The van der Waals surface area contributed by atoms with Crippen LogP contribution in [0.5, 0.6) is 0 Å². The van der Waals surface area contributed by atoms with Crippen LogP contribution in [0.4, 0.5) is 4.39 Å². The van der Waals surface area contributed by atoms with E-state index in [9.17, 15) is 9.18 Å². The molecule has 2 aromatic carbocycles. The Hall–Kier alpha value is -1.41. The minimum absolute atomic E-state index is 0.367. The summed E-state index contributed by atoms with van der Waals surface area (Å²) in [7, 11) is 0. The van der Waals surface area contributed by atoms with E-state index in [1.54, 1.807) is 12.1 Å². The molecule has 0 aliphatic carbocycles. The molecule has 0 aromatic heterocycles. The third-order valence-electron chi connectivity index (χ3n) is 2.09. The molecule has 0 aliphatic heterocycles. The van der Waals surface area contributed by atoms with Crippen LogP contribution in [0.2, 0.25) is 5.02 Å². The quantitative estimate of drug-likeness (QED) is 0.656. The fourth-order valence-electron chi connectivity index (χ4n) is 1.41. The van der Waals surface area contributed by atoms with Gasteiger partial charge in [-0.1, -0.05) is 17.7 Å². The molecule has 0 amide bonds. The molecule has 0 unspecified atom stereocenters. The second-order valence-electron chi connectivity index (χ2n) is 2.94. The van der Waals surface area contributed by atoms with E-state index in [1.807, 2.05) is 0 Å². The highest BCUT2D eigenvalue weighted by Gasteiger charge is 2.05. The number of carbonyl (C=O) groups excluding carboxylic acids is 1. The number of fused-ring (bicyclic) bond motifs is 1. The number of hydrogen-bond acceptors (Lipinski definition) is 1. The predicted octanol–water partition coefficient (Wildman–Crippen LogP) is 3.44. The summed E-state index contributed by atoms with van der Waals surface area (Å²) in [6.45, 7) is 0. The molecule has 0 bridgehead atoms. The minimum atomic E-state index is -0.367. The number of rotatable bonds is 1. The molecule has 0 saturated heterocycles. The molecule has 2 aromatic rings. The Kier molecular flexibility index (Phi) is 2.22. The summed E-state index contributed by atoms with van der Waals surface area (Å²) in [6, 6.07) is 7.51. The molecule has 0 heterocycles. The molecule has 0 radical (unpaired) electrons. The van der Waals surface area contributed by atoms with Crippen molar-refractivity contribution in [3.05, 3.63) is 46.7 Å². The summed E-state index contributed by atoms with van der Waals surface area (Å²) < 4.78 is 13.3. The lowest BCUT2D eigenvalue weighted by Crippen LogP contribution is -1.86. The summed E-state index contributed by atoms with van der Waals surface area (Å²) in [6.07, 6.45) is 0.704. The van der Waals surface area contributed by atoms with Gasteiger partial charge in [0.15, 0.2) is 6.29 Å². The highest BCUT2D eigenvalue weighted by atomic mass is 35.5. The standard InChI is InChI=1S/C11H6ClFO/c12-8-2-3-9-7(6-14)1-4-11(13)10(9)5-8/h1-6H. The van der Waals surface area contributed by atoms with Gasteiger partial charge in [-0.3, -0.25) is 4.79 Å². The van der Waals surface area contributed by atoms with Crippen molar-refractivity contribution in [2.24, 2.45) is 0 Å². The van der Waals surface area contributed by atoms with E-state index < -0.39 is 0 Å². The Morgan fingerprint density at radius 1 is 1.14 bits per heavy atom. The van der Waals surface area contributed by atoms with Crippen LogP contribution in [0.15, 0.2) is 30.3 Å². The molecule has 0 saturated carbocycles. The Balaban J connectivity index is 2.91. The molecular formula is C11H6ClFO. The third-order valence-corrected chi connectivity index (χ3v) is 2.32. The fraction of sp³-hybridized carbons (Fsp3) is 0. The molecule has 0 fully saturated rings. The molecule has 3 heteroatoms. The van der Waals surface area contributed by atoms with Gasteiger partial charge >= 0.3 is 0 Å². The lowest BCUT2D eigenvalue weighted by Gasteiger charge is -2.02. The van der Waals surface area contributed by atoms with Gasteiger partial charge in [-0.15, -0.1) is 0 Å². The second-order valence-corrected chi connectivity index (χ2v) is 3.38. The largest absolute Gasteiger partial charge is 0.298 e. The zero-order chi connectivity index (χ0) is 10.1. The van der Waals surface area contributed by atoms with Crippen LogP contribution >= 0.6 is 11.6 Å². The third kappa shape index (κ3) is 1.38. The molecular weight excluding hydrogens is 203 g/mol. The number of halogens is 2. The molecule has 70 valence electrons. The van der Waals surface area contributed by atoms with Crippen LogP contribution in [0.3, 0.4) is 0 Å². The maximum atomic E-state index is 13.3. The summed E-state index contributed by atoms with van der Waals surface area (Å²) >= 11 is 5.73. The lowest BCUT2D eigenvalue weighted by atomic mass is 10.1. The van der Waals surface area contributed by atoms with Gasteiger partial charge in [-0.2, -0.15) is 0 Å². The predicted molar refractivity (Wildman–Crippen MR) is 54.3 cm³/mol. The average Bonchev–Trinajstić information content (AvgIpc) is 2.19. The number of aldehydes is 1. The lowest BCUT2D eigenvalue weighted by molar-refractivity contribution is 0.112. The van der Waals surface area contributed by atoms with Gasteiger partial charge in [0.25, 0.3) is 0 Å². The van der Waals surface area contributed by atoms with E-state index in [0.717, 1.165) is 0 Å². The van der Waals surface area contributed by atoms with Crippen molar-refractivity contribution in [1.82, 2.24) is 0 Å². The highest BCUT2D eigenvalue weighted by molar-refractivity contribution is 6.31. The maximum Gasteiger partial charge on any atom is 0.150 e. The van der Waals surface area contributed by atoms with Gasteiger partial charge < -0.3 is 0 Å². The van der Waals surface area contributed by atoms with Crippen molar-refractivity contribution in [3.8, 4) is 0 Å². The van der Waals surface area contributed by atoms with E-state index in [2.05, 4.69) is 0 Å². The Morgan fingerprint density at radius 2 is 1.93 bits per heavy atom. The zero-order valence-electron chi connectivity index (χ0n) is 7.13. The molecule has 0 spiro atoms.